The van der Waals surface area contributed by atoms with Crippen LogP contribution in [0.1, 0.15) is 0 Å². The highest BCUT2D eigenvalue weighted by Gasteiger charge is 2.27. The Labute approximate surface area is 160 Å². The Balaban J connectivity index is 1.65. The minimum Gasteiger partial charge on any atom is -0.506 e. The third-order valence-corrected chi connectivity index (χ3v) is 6.23. The molecule has 9 nitrogen and oxygen atoms in total. The van der Waals surface area contributed by atoms with Crippen molar-refractivity contribution < 1.29 is 18.3 Å². The van der Waals surface area contributed by atoms with Crippen LogP contribution in [0.3, 0.4) is 0 Å². The number of aromatic hydroxyl groups is 1. The molecular formula is C16H16ClN5O4S. The molecule has 142 valence electrons. The number of H-pyrrole nitrogens is 1. The number of aromatic nitrogens is 3. The summed E-state index contributed by atoms with van der Waals surface area (Å²) in [5, 5.41) is 13.2. The number of aromatic amines is 1. The Morgan fingerprint density at radius 3 is 2.81 bits per heavy atom. The number of benzene rings is 1. The number of nitrogens with one attached hydrogen (secondary N) is 2. The van der Waals surface area contributed by atoms with Gasteiger partial charge in [0.15, 0.2) is 5.65 Å². The normalized spacial score (nSPS) is 15.9. The molecule has 0 amide bonds. The highest BCUT2D eigenvalue weighted by molar-refractivity contribution is 7.89. The van der Waals surface area contributed by atoms with Crippen LogP contribution >= 0.6 is 11.6 Å². The van der Waals surface area contributed by atoms with Crippen LogP contribution < -0.4 is 5.32 Å². The number of pyridine rings is 1. The maximum atomic E-state index is 12.7. The summed E-state index contributed by atoms with van der Waals surface area (Å²) in [5.41, 5.74) is 1.16. The summed E-state index contributed by atoms with van der Waals surface area (Å²) in [4.78, 5) is 11.5. The Morgan fingerprint density at radius 1 is 1.26 bits per heavy atom. The zero-order chi connectivity index (χ0) is 19.0. The van der Waals surface area contributed by atoms with E-state index in [4.69, 9.17) is 16.3 Å². The maximum absolute atomic E-state index is 12.7. The fraction of sp³-hybridized carbons (Fsp3) is 0.250. The van der Waals surface area contributed by atoms with Crippen LogP contribution in [0, 0.1) is 0 Å². The molecule has 27 heavy (non-hydrogen) atoms. The van der Waals surface area contributed by atoms with Gasteiger partial charge in [-0.2, -0.15) is 4.31 Å². The van der Waals surface area contributed by atoms with Gasteiger partial charge in [0.1, 0.15) is 16.2 Å². The molecular weight excluding hydrogens is 394 g/mol. The van der Waals surface area contributed by atoms with Gasteiger partial charge in [-0.05, 0) is 24.3 Å². The van der Waals surface area contributed by atoms with E-state index in [0.717, 1.165) is 0 Å². The first kappa shape index (κ1) is 18.0. The van der Waals surface area contributed by atoms with Crippen LogP contribution in [0.25, 0.3) is 11.2 Å². The molecule has 1 saturated heterocycles. The number of sulfonamides is 1. The third kappa shape index (κ3) is 3.56. The third-order valence-electron chi connectivity index (χ3n) is 4.13. The van der Waals surface area contributed by atoms with Crippen molar-refractivity contribution in [1.29, 1.82) is 0 Å². The molecule has 0 radical (unpaired) electrons. The van der Waals surface area contributed by atoms with E-state index < -0.39 is 10.0 Å². The molecule has 1 fully saturated rings. The van der Waals surface area contributed by atoms with Crippen molar-refractivity contribution in [1.82, 2.24) is 19.3 Å². The zero-order valence-electron chi connectivity index (χ0n) is 14.0. The second kappa shape index (κ2) is 6.97. The second-order valence-electron chi connectivity index (χ2n) is 5.93. The first-order valence-corrected chi connectivity index (χ1v) is 9.94. The van der Waals surface area contributed by atoms with E-state index in [1.807, 2.05) is 0 Å². The highest BCUT2D eigenvalue weighted by Crippen LogP contribution is 2.29. The van der Waals surface area contributed by atoms with E-state index in [2.05, 4.69) is 20.3 Å². The quantitative estimate of drug-likeness (QED) is 0.564. The van der Waals surface area contributed by atoms with Crippen molar-refractivity contribution in [3.63, 3.8) is 0 Å². The van der Waals surface area contributed by atoms with Crippen LogP contribution in [-0.2, 0) is 14.8 Å². The number of hydrogen-bond acceptors (Lipinski definition) is 7. The number of anilines is 2. The number of hydrogen-bond donors (Lipinski definition) is 3. The molecule has 1 aromatic carbocycles. The lowest BCUT2D eigenvalue weighted by atomic mass is 10.3. The molecule has 1 aliphatic heterocycles. The van der Waals surface area contributed by atoms with Crippen molar-refractivity contribution in [3.8, 4) is 5.75 Å². The van der Waals surface area contributed by atoms with Crippen LogP contribution in [0.2, 0.25) is 5.02 Å². The lowest BCUT2D eigenvalue weighted by Gasteiger charge is -2.25. The molecule has 1 aliphatic rings. The largest absolute Gasteiger partial charge is 0.506 e. The van der Waals surface area contributed by atoms with Gasteiger partial charge in [0, 0.05) is 24.3 Å². The molecule has 4 rings (SSSR count). The van der Waals surface area contributed by atoms with Crippen LogP contribution in [0.15, 0.2) is 35.4 Å². The van der Waals surface area contributed by atoms with Crippen molar-refractivity contribution in [3.05, 3.63) is 35.5 Å². The molecule has 3 heterocycles. The first-order valence-electron chi connectivity index (χ1n) is 8.13. The van der Waals surface area contributed by atoms with Gasteiger partial charge in [-0.3, -0.25) is 0 Å². The SMILES string of the molecule is O=S(=O)(c1cnc2[nH]c(Nc3cc(Cl)ccc3O)nc2c1)N1CCOCC1. The second-order valence-corrected chi connectivity index (χ2v) is 8.30. The molecule has 11 heteroatoms. The van der Waals surface area contributed by atoms with E-state index >= 15 is 0 Å². The fourth-order valence-electron chi connectivity index (χ4n) is 2.75. The fourth-order valence-corrected chi connectivity index (χ4v) is 4.30. The minimum atomic E-state index is -3.66. The standard InChI is InChI=1S/C16H16ClN5O4S/c17-10-1-2-14(23)12(7-10)19-16-20-13-8-11(9-18-15(13)21-16)27(24,25)22-3-5-26-6-4-22/h1-2,7-9,23H,3-6H2,(H2,18,19,20,21). The van der Waals surface area contributed by atoms with Gasteiger partial charge in [0.25, 0.3) is 0 Å². The van der Waals surface area contributed by atoms with E-state index in [1.165, 1.54) is 22.6 Å². The average molecular weight is 410 g/mol. The van der Waals surface area contributed by atoms with Gasteiger partial charge >= 0.3 is 0 Å². The molecule has 0 atom stereocenters. The average Bonchev–Trinajstić information content (AvgIpc) is 3.07. The predicted molar refractivity (Wildman–Crippen MR) is 99.9 cm³/mol. The summed E-state index contributed by atoms with van der Waals surface area (Å²) < 4.78 is 32.1. The van der Waals surface area contributed by atoms with E-state index in [9.17, 15) is 13.5 Å². The molecule has 0 spiro atoms. The lowest BCUT2D eigenvalue weighted by molar-refractivity contribution is 0.0730. The number of morpholine rings is 1. The number of nitrogens with zero attached hydrogens (tertiary/aromatic N) is 3. The summed E-state index contributed by atoms with van der Waals surface area (Å²) in [7, 11) is -3.66. The Hall–Kier alpha value is -2.40. The monoisotopic (exact) mass is 409 g/mol. The first-order chi connectivity index (χ1) is 12.9. The van der Waals surface area contributed by atoms with E-state index in [0.29, 0.717) is 54.1 Å². The molecule has 0 bridgehead atoms. The topological polar surface area (TPSA) is 120 Å². The molecule has 2 aromatic heterocycles. The van der Waals surface area contributed by atoms with Crippen LogP contribution in [0.4, 0.5) is 11.6 Å². The molecule has 3 aromatic rings. The number of imidazole rings is 1. The number of phenols is 1. The Bertz CT molecular complexity index is 1100. The molecule has 3 N–H and O–H groups in total. The van der Waals surface area contributed by atoms with E-state index in [-0.39, 0.29) is 10.6 Å². The zero-order valence-corrected chi connectivity index (χ0v) is 15.6. The number of fused-ring (bicyclic) bond motifs is 1. The number of rotatable bonds is 4. The summed E-state index contributed by atoms with van der Waals surface area (Å²) in [6, 6.07) is 6.03. The highest BCUT2D eigenvalue weighted by atomic mass is 35.5. The Kier molecular flexibility index (Phi) is 4.64. The number of phenolic OH excluding ortho intramolecular Hbond substituents is 1. The summed E-state index contributed by atoms with van der Waals surface area (Å²) in [5.74, 6) is 0.305. The predicted octanol–water partition coefficient (Wildman–Crippen LogP) is 2.08. The van der Waals surface area contributed by atoms with Crippen molar-refractivity contribution in [2.75, 3.05) is 31.6 Å². The molecule has 0 unspecified atom stereocenters. The van der Waals surface area contributed by atoms with Crippen LogP contribution in [-0.4, -0.2) is 59.1 Å². The minimum absolute atomic E-state index is 0.00315. The maximum Gasteiger partial charge on any atom is 0.244 e. The molecule has 0 saturated carbocycles. The summed E-state index contributed by atoms with van der Waals surface area (Å²) >= 11 is 5.93. The van der Waals surface area contributed by atoms with Gasteiger partial charge in [-0.25, -0.2) is 18.4 Å². The van der Waals surface area contributed by atoms with Crippen molar-refractivity contribution in [2.24, 2.45) is 0 Å². The summed E-state index contributed by atoms with van der Waals surface area (Å²) in [6.45, 7) is 1.35. The van der Waals surface area contributed by atoms with E-state index in [1.54, 1.807) is 12.1 Å². The van der Waals surface area contributed by atoms with Gasteiger partial charge in [-0.15, -0.1) is 0 Å². The van der Waals surface area contributed by atoms with Crippen LogP contribution in [0.5, 0.6) is 5.75 Å². The Morgan fingerprint density at radius 2 is 2.04 bits per heavy atom. The van der Waals surface area contributed by atoms with Gasteiger partial charge in [-0.1, -0.05) is 11.6 Å². The van der Waals surface area contributed by atoms with Gasteiger partial charge in [0.2, 0.25) is 16.0 Å². The number of ether oxygens (including phenoxy) is 1. The lowest BCUT2D eigenvalue weighted by Crippen LogP contribution is -2.40. The molecule has 0 aliphatic carbocycles. The van der Waals surface area contributed by atoms with Crippen molar-refractivity contribution >= 4 is 44.4 Å². The van der Waals surface area contributed by atoms with Crippen molar-refractivity contribution in [2.45, 2.75) is 4.90 Å². The van der Waals surface area contributed by atoms with Gasteiger partial charge in [0.05, 0.1) is 18.9 Å². The number of halogens is 1. The van der Waals surface area contributed by atoms with Gasteiger partial charge < -0.3 is 20.1 Å². The summed E-state index contributed by atoms with van der Waals surface area (Å²) in [6.07, 6.45) is 1.30. The smallest absolute Gasteiger partial charge is 0.244 e.